The number of thioether (sulfide) groups is 1. The van der Waals surface area contributed by atoms with Crippen molar-refractivity contribution in [3.8, 4) is 0 Å². The highest BCUT2D eigenvalue weighted by Crippen LogP contribution is 2.34. The third-order valence-electron chi connectivity index (χ3n) is 4.62. The van der Waals surface area contributed by atoms with Crippen molar-refractivity contribution in [2.45, 2.75) is 13.3 Å². The van der Waals surface area contributed by atoms with Gasteiger partial charge in [-0.05, 0) is 24.6 Å². The zero-order valence-electron chi connectivity index (χ0n) is 15.1. The van der Waals surface area contributed by atoms with Gasteiger partial charge in [-0.1, -0.05) is 6.07 Å². The number of thiophene rings is 1. The zero-order chi connectivity index (χ0) is 18.6. The normalized spacial score (nSPS) is 14.5. The van der Waals surface area contributed by atoms with Gasteiger partial charge in [0.2, 0.25) is 0 Å². The Balaban J connectivity index is 1.55. The van der Waals surface area contributed by atoms with Crippen LogP contribution in [0.15, 0.2) is 30.7 Å². The van der Waals surface area contributed by atoms with Crippen molar-refractivity contribution < 1.29 is 4.79 Å². The zero-order valence-corrected chi connectivity index (χ0v) is 16.8. The van der Waals surface area contributed by atoms with Crippen molar-refractivity contribution in [1.82, 2.24) is 19.9 Å². The van der Waals surface area contributed by atoms with E-state index in [2.05, 4.69) is 20.3 Å². The fourth-order valence-corrected chi connectivity index (χ4v) is 5.19. The van der Waals surface area contributed by atoms with E-state index in [9.17, 15) is 4.79 Å². The maximum Gasteiger partial charge on any atom is 0.264 e. The molecule has 27 heavy (non-hydrogen) atoms. The van der Waals surface area contributed by atoms with Crippen molar-refractivity contribution in [2.75, 3.05) is 36.5 Å². The topological polar surface area (TPSA) is 71.0 Å². The van der Waals surface area contributed by atoms with Gasteiger partial charge < -0.3 is 10.2 Å². The fraction of sp³-hybridized carbons (Fsp3) is 0.368. The van der Waals surface area contributed by atoms with E-state index in [1.165, 1.54) is 11.3 Å². The summed E-state index contributed by atoms with van der Waals surface area (Å²) in [5.41, 5.74) is 2.01. The first-order chi connectivity index (χ1) is 13.2. The molecule has 6 nitrogen and oxygen atoms in total. The Kier molecular flexibility index (Phi) is 5.54. The Hall–Kier alpha value is -2.19. The SMILES string of the molecule is Cc1c(C(=O)N2CCSCC2)sc2ncnc(NCCc3ccccn3)c12. The monoisotopic (exact) mass is 399 g/mol. The van der Waals surface area contributed by atoms with Crippen LogP contribution in [0.3, 0.4) is 0 Å². The van der Waals surface area contributed by atoms with Gasteiger partial charge in [0.15, 0.2) is 0 Å². The molecule has 0 atom stereocenters. The highest BCUT2D eigenvalue weighted by atomic mass is 32.2. The number of hydrogen-bond acceptors (Lipinski definition) is 7. The first-order valence-electron chi connectivity index (χ1n) is 8.99. The molecule has 1 amide bonds. The minimum Gasteiger partial charge on any atom is -0.369 e. The molecule has 1 N–H and O–H groups in total. The molecule has 0 unspecified atom stereocenters. The molecule has 0 spiro atoms. The summed E-state index contributed by atoms with van der Waals surface area (Å²) in [5.74, 6) is 2.93. The lowest BCUT2D eigenvalue weighted by atomic mass is 10.2. The third-order valence-corrected chi connectivity index (χ3v) is 6.75. The van der Waals surface area contributed by atoms with Crippen LogP contribution in [0, 0.1) is 6.92 Å². The maximum absolute atomic E-state index is 13.0. The summed E-state index contributed by atoms with van der Waals surface area (Å²) in [6.07, 6.45) is 4.18. The van der Waals surface area contributed by atoms with Gasteiger partial charge >= 0.3 is 0 Å². The molecular formula is C19H21N5OS2. The number of aryl methyl sites for hydroxylation is 1. The summed E-state index contributed by atoms with van der Waals surface area (Å²) in [5, 5.41) is 4.35. The number of carbonyl (C=O) groups is 1. The second-order valence-electron chi connectivity index (χ2n) is 6.36. The summed E-state index contributed by atoms with van der Waals surface area (Å²) in [4.78, 5) is 29.7. The lowest BCUT2D eigenvalue weighted by Gasteiger charge is -2.26. The summed E-state index contributed by atoms with van der Waals surface area (Å²) < 4.78 is 0. The molecule has 0 aliphatic carbocycles. The largest absolute Gasteiger partial charge is 0.369 e. The Morgan fingerprint density at radius 2 is 2.07 bits per heavy atom. The summed E-state index contributed by atoms with van der Waals surface area (Å²) in [6.45, 7) is 4.36. The molecule has 3 aromatic heterocycles. The Morgan fingerprint density at radius 1 is 1.22 bits per heavy atom. The van der Waals surface area contributed by atoms with Gasteiger partial charge in [-0.2, -0.15) is 11.8 Å². The lowest BCUT2D eigenvalue weighted by molar-refractivity contribution is 0.0776. The van der Waals surface area contributed by atoms with E-state index in [0.29, 0.717) is 0 Å². The number of aromatic nitrogens is 3. The van der Waals surface area contributed by atoms with Crippen LogP contribution in [0.1, 0.15) is 20.9 Å². The van der Waals surface area contributed by atoms with Gasteiger partial charge in [-0.15, -0.1) is 11.3 Å². The van der Waals surface area contributed by atoms with Crippen molar-refractivity contribution >= 4 is 45.0 Å². The number of nitrogens with zero attached hydrogens (tertiary/aromatic N) is 4. The number of amides is 1. The van der Waals surface area contributed by atoms with E-state index in [-0.39, 0.29) is 5.91 Å². The van der Waals surface area contributed by atoms with Crippen LogP contribution in [-0.2, 0) is 6.42 Å². The van der Waals surface area contributed by atoms with E-state index < -0.39 is 0 Å². The molecule has 4 rings (SSSR count). The number of pyridine rings is 1. The number of nitrogens with one attached hydrogen (secondary N) is 1. The predicted molar refractivity (Wildman–Crippen MR) is 112 cm³/mol. The molecule has 140 valence electrons. The lowest BCUT2D eigenvalue weighted by Crippen LogP contribution is -2.37. The van der Waals surface area contributed by atoms with Crippen LogP contribution >= 0.6 is 23.1 Å². The summed E-state index contributed by atoms with van der Waals surface area (Å²) in [7, 11) is 0. The van der Waals surface area contributed by atoms with E-state index in [1.807, 2.05) is 41.8 Å². The Bertz CT molecular complexity index is 938. The van der Waals surface area contributed by atoms with E-state index in [1.54, 1.807) is 12.5 Å². The van der Waals surface area contributed by atoms with E-state index in [4.69, 9.17) is 0 Å². The fourth-order valence-electron chi connectivity index (χ4n) is 3.17. The average molecular weight is 400 g/mol. The van der Waals surface area contributed by atoms with Gasteiger partial charge in [-0.25, -0.2) is 9.97 Å². The Labute approximate surface area is 166 Å². The van der Waals surface area contributed by atoms with E-state index >= 15 is 0 Å². The van der Waals surface area contributed by atoms with Gasteiger partial charge in [0.1, 0.15) is 17.0 Å². The van der Waals surface area contributed by atoms with Crippen LogP contribution in [0.5, 0.6) is 0 Å². The van der Waals surface area contributed by atoms with Crippen LogP contribution in [0.25, 0.3) is 10.2 Å². The quantitative estimate of drug-likeness (QED) is 0.710. The van der Waals surface area contributed by atoms with Crippen molar-refractivity contribution in [1.29, 1.82) is 0 Å². The van der Waals surface area contributed by atoms with Crippen LogP contribution in [0.2, 0.25) is 0 Å². The first kappa shape index (κ1) is 18.2. The minimum absolute atomic E-state index is 0.121. The second kappa shape index (κ2) is 8.22. The number of rotatable bonds is 5. The van der Waals surface area contributed by atoms with Crippen LogP contribution < -0.4 is 5.32 Å². The number of carbonyl (C=O) groups excluding carboxylic acids is 1. The first-order valence-corrected chi connectivity index (χ1v) is 11.0. The molecule has 1 aliphatic rings. The smallest absolute Gasteiger partial charge is 0.264 e. The van der Waals surface area contributed by atoms with Gasteiger partial charge in [0.05, 0.1) is 10.3 Å². The Morgan fingerprint density at radius 3 is 2.85 bits per heavy atom. The minimum atomic E-state index is 0.121. The molecule has 1 saturated heterocycles. The molecule has 1 fully saturated rings. The van der Waals surface area contributed by atoms with Gasteiger partial charge in [0.25, 0.3) is 5.91 Å². The van der Waals surface area contributed by atoms with Crippen LogP contribution in [-0.4, -0.2) is 56.9 Å². The van der Waals surface area contributed by atoms with Gasteiger partial charge in [-0.3, -0.25) is 9.78 Å². The highest BCUT2D eigenvalue weighted by molar-refractivity contribution is 7.99. The van der Waals surface area contributed by atoms with Gasteiger partial charge in [0, 0.05) is 49.5 Å². The standard InChI is InChI=1S/C19H21N5OS2/c1-13-15-17(21-7-5-14-4-2-3-6-20-14)22-12-23-18(15)27-16(13)19(25)24-8-10-26-11-9-24/h2-4,6,12H,5,7-11H2,1H3,(H,21,22,23). The molecule has 0 radical (unpaired) electrons. The molecule has 8 heteroatoms. The number of hydrogen-bond donors (Lipinski definition) is 1. The molecule has 4 heterocycles. The van der Waals surface area contributed by atoms with Crippen LogP contribution in [0.4, 0.5) is 5.82 Å². The van der Waals surface area contributed by atoms with E-state index in [0.717, 1.165) is 69.7 Å². The number of anilines is 1. The van der Waals surface area contributed by atoms with Crippen molar-refractivity contribution in [3.63, 3.8) is 0 Å². The molecule has 0 saturated carbocycles. The van der Waals surface area contributed by atoms with Crippen molar-refractivity contribution in [3.05, 3.63) is 46.9 Å². The summed E-state index contributed by atoms with van der Waals surface area (Å²) >= 11 is 3.37. The molecule has 0 aromatic carbocycles. The second-order valence-corrected chi connectivity index (χ2v) is 8.58. The summed E-state index contributed by atoms with van der Waals surface area (Å²) in [6, 6.07) is 5.92. The number of fused-ring (bicyclic) bond motifs is 1. The highest BCUT2D eigenvalue weighted by Gasteiger charge is 2.24. The third kappa shape index (κ3) is 3.91. The molecule has 3 aromatic rings. The predicted octanol–water partition coefficient (Wildman–Crippen LogP) is 3.24. The maximum atomic E-state index is 13.0. The molecule has 0 bridgehead atoms. The molecule has 1 aliphatic heterocycles. The van der Waals surface area contributed by atoms with Crippen molar-refractivity contribution in [2.24, 2.45) is 0 Å². The molecular weight excluding hydrogens is 378 g/mol. The average Bonchev–Trinajstić information content (AvgIpc) is 3.06.